The summed E-state index contributed by atoms with van der Waals surface area (Å²) in [5.74, 6) is 0.684. The smallest absolute Gasteiger partial charge is 0.213 e. The summed E-state index contributed by atoms with van der Waals surface area (Å²) < 4.78 is 11.2. The average molecular weight is 276 g/mol. The van der Waals surface area contributed by atoms with Gasteiger partial charge in [0, 0.05) is 31.5 Å². The van der Waals surface area contributed by atoms with E-state index >= 15 is 0 Å². The fraction of sp³-hybridized carbons (Fsp3) is 0.688. The number of rotatable bonds is 4. The predicted molar refractivity (Wildman–Crippen MR) is 77.8 cm³/mol. The molecule has 1 spiro atoms. The van der Waals surface area contributed by atoms with E-state index in [4.69, 9.17) is 9.47 Å². The monoisotopic (exact) mass is 276 g/mol. The molecule has 0 aromatic carbocycles. The molecule has 3 rings (SSSR count). The van der Waals surface area contributed by atoms with E-state index in [9.17, 15) is 0 Å². The standard InChI is InChI=1S/C16H24N2O2/c1-19-15-10-13(4-8-17-15)12-18-14-5-9-20-16(11-14)6-2-3-7-16/h4,8,10,14,18H,2-3,5-7,9,11-12H2,1H3. The first-order valence-electron chi connectivity index (χ1n) is 7.66. The van der Waals surface area contributed by atoms with Crippen molar-refractivity contribution in [2.24, 2.45) is 0 Å². The number of nitrogens with one attached hydrogen (secondary N) is 1. The summed E-state index contributed by atoms with van der Waals surface area (Å²) in [7, 11) is 1.65. The summed E-state index contributed by atoms with van der Waals surface area (Å²) >= 11 is 0. The summed E-state index contributed by atoms with van der Waals surface area (Å²) in [6.07, 6.45) is 9.22. The van der Waals surface area contributed by atoms with Crippen LogP contribution in [0, 0.1) is 0 Å². The Morgan fingerprint density at radius 3 is 3.10 bits per heavy atom. The minimum atomic E-state index is 0.186. The maximum atomic E-state index is 6.08. The van der Waals surface area contributed by atoms with Crippen molar-refractivity contribution >= 4 is 0 Å². The number of ether oxygens (including phenoxy) is 2. The van der Waals surface area contributed by atoms with Crippen molar-refractivity contribution in [2.75, 3.05) is 13.7 Å². The third-order valence-corrected chi connectivity index (χ3v) is 4.61. The highest BCUT2D eigenvalue weighted by Crippen LogP contribution is 2.39. The Morgan fingerprint density at radius 1 is 1.45 bits per heavy atom. The second kappa shape index (κ2) is 6.10. The Kier molecular flexibility index (Phi) is 4.22. The number of aromatic nitrogens is 1. The number of methoxy groups -OCH3 is 1. The topological polar surface area (TPSA) is 43.4 Å². The lowest BCUT2D eigenvalue weighted by Gasteiger charge is -2.38. The van der Waals surface area contributed by atoms with E-state index in [-0.39, 0.29) is 5.60 Å². The van der Waals surface area contributed by atoms with Gasteiger partial charge in [-0.1, -0.05) is 12.8 Å². The van der Waals surface area contributed by atoms with Gasteiger partial charge in [0.1, 0.15) is 0 Å². The quantitative estimate of drug-likeness (QED) is 0.918. The summed E-state index contributed by atoms with van der Waals surface area (Å²) in [5, 5.41) is 3.68. The van der Waals surface area contributed by atoms with Crippen LogP contribution in [0.25, 0.3) is 0 Å². The van der Waals surface area contributed by atoms with Crippen molar-refractivity contribution in [3.63, 3.8) is 0 Å². The molecule has 2 fully saturated rings. The van der Waals surface area contributed by atoms with Crippen LogP contribution in [-0.4, -0.2) is 30.3 Å². The first kappa shape index (κ1) is 13.8. The van der Waals surface area contributed by atoms with Gasteiger partial charge in [0.15, 0.2) is 0 Å². The molecule has 0 amide bonds. The maximum absolute atomic E-state index is 6.08. The lowest BCUT2D eigenvalue weighted by molar-refractivity contribution is -0.0837. The zero-order valence-corrected chi connectivity index (χ0v) is 12.2. The number of hydrogen-bond acceptors (Lipinski definition) is 4. The number of pyridine rings is 1. The molecule has 110 valence electrons. The fourth-order valence-electron chi connectivity index (χ4n) is 3.50. The zero-order valence-electron chi connectivity index (χ0n) is 12.2. The van der Waals surface area contributed by atoms with Crippen LogP contribution in [0.4, 0.5) is 0 Å². The van der Waals surface area contributed by atoms with Crippen LogP contribution in [0.15, 0.2) is 18.3 Å². The molecule has 1 aromatic heterocycles. The van der Waals surface area contributed by atoms with Crippen molar-refractivity contribution in [3.8, 4) is 5.88 Å². The van der Waals surface area contributed by atoms with Crippen LogP contribution in [0.5, 0.6) is 5.88 Å². The number of nitrogens with zero attached hydrogens (tertiary/aromatic N) is 1. The molecule has 1 unspecified atom stereocenters. The molecular formula is C16H24N2O2. The maximum Gasteiger partial charge on any atom is 0.213 e. The molecule has 1 aromatic rings. The Bertz CT molecular complexity index is 444. The zero-order chi connectivity index (χ0) is 13.8. The molecule has 1 saturated carbocycles. The van der Waals surface area contributed by atoms with Crippen LogP contribution in [0.1, 0.15) is 44.1 Å². The van der Waals surface area contributed by atoms with Crippen LogP contribution in [0.2, 0.25) is 0 Å². The second-order valence-electron chi connectivity index (χ2n) is 6.02. The van der Waals surface area contributed by atoms with E-state index in [1.807, 2.05) is 12.1 Å². The molecule has 4 nitrogen and oxygen atoms in total. The molecule has 1 saturated heterocycles. The van der Waals surface area contributed by atoms with Gasteiger partial charge in [-0.15, -0.1) is 0 Å². The second-order valence-corrected chi connectivity index (χ2v) is 6.02. The Labute approximate surface area is 120 Å². The van der Waals surface area contributed by atoms with Crippen LogP contribution >= 0.6 is 0 Å². The van der Waals surface area contributed by atoms with E-state index in [0.717, 1.165) is 26.0 Å². The van der Waals surface area contributed by atoms with Crippen LogP contribution in [-0.2, 0) is 11.3 Å². The molecule has 2 heterocycles. The van der Waals surface area contributed by atoms with E-state index in [1.54, 1.807) is 13.3 Å². The average Bonchev–Trinajstić information content (AvgIpc) is 2.93. The van der Waals surface area contributed by atoms with Gasteiger partial charge < -0.3 is 14.8 Å². The minimum Gasteiger partial charge on any atom is -0.481 e. The molecule has 4 heteroatoms. The highest BCUT2D eigenvalue weighted by atomic mass is 16.5. The molecule has 1 aliphatic carbocycles. The van der Waals surface area contributed by atoms with E-state index in [1.165, 1.54) is 31.2 Å². The van der Waals surface area contributed by atoms with Gasteiger partial charge in [0.25, 0.3) is 0 Å². The van der Waals surface area contributed by atoms with E-state index in [2.05, 4.69) is 10.3 Å². The van der Waals surface area contributed by atoms with E-state index < -0.39 is 0 Å². The Balaban J connectivity index is 1.55. The molecule has 0 radical (unpaired) electrons. The van der Waals surface area contributed by atoms with Crippen molar-refractivity contribution in [1.29, 1.82) is 0 Å². The summed E-state index contributed by atoms with van der Waals surface area (Å²) in [6, 6.07) is 4.61. The molecule has 1 aliphatic heterocycles. The first-order chi connectivity index (χ1) is 9.80. The molecule has 1 N–H and O–H groups in total. The lowest BCUT2D eigenvalue weighted by atomic mass is 9.89. The van der Waals surface area contributed by atoms with Crippen LogP contribution in [0.3, 0.4) is 0 Å². The SMILES string of the molecule is COc1cc(CNC2CCOC3(CCCC3)C2)ccn1. The third kappa shape index (κ3) is 3.13. The first-order valence-corrected chi connectivity index (χ1v) is 7.66. The summed E-state index contributed by atoms with van der Waals surface area (Å²) in [5.41, 5.74) is 1.41. The predicted octanol–water partition coefficient (Wildman–Crippen LogP) is 2.67. The number of hydrogen-bond donors (Lipinski definition) is 1. The molecule has 0 bridgehead atoms. The molecule has 1 atom stereocenters. The van der Waals surface area contributed by atoms with Gasteiger partial charge in [-0.25, -0.2) is 4.98 Å². The van der Waals surface area contributed by atoms with E-state index in [0.29, 0.717) is 11.9 Å². The van der Waals surface area contributed by atoms with Crippen molar-refractivity contribution in [1.82, 2.24) is 10.3 Å². The molecule has 2 aliphatic rings. The van der Waals surface area contributed by atoms with Gasteiger partial charge in [-0.2, -0.15) is 0 Å². The minimum absolute atomic E-state index is 0.186. The van der Waals surface area contributed by atoms with Gasteiger partial charge in [0.2, 0.25) is 5.88 Å². The third-order valence-electron chi connectivity index (χ3n) is 4.61. The van der Waals surface area contributed by atoms with Gasteiger partial charge in [0.05, 0.1) is 12.7 Å². The Morgan fingerprint density at radius 2 is 2.30 bits per heavy atom. The van der Waals surface area contributed by atoms with Crippen molar-refractivity contribution in [3.05, 3.63) is 23.9 Å². The van der Waals surface area contributed by atoms with Crippen LogP contribution < -0.4 is 10.1 Å². The van der Waals surface area contributed by atoms with Gasteiger partial charge in [-0.3, -0.25) is 0 Å². The molecular weight excluding hydrogens is 252 g/mol. The fourth-order valence-corrected chi connectivity index (χ4v) is 3.50. The highest BCUT2D eigenvalue weighted by molar-refractivity contribution is 5.20. The Hall–Kier alpha value is -1.13. The van der Waals surface area contributed by atoms with Gasteiger partial charge >= 0.3 is 0 Å². The van der Waals surface area contributed by atoms with Gasteiger partial charge in [-0.05, 0) is 37.3 Å². The van der Waals surface area contributed by atoms with Crippen molar-refractivity contribution in [2.45, 2.75) is 56.7 Å². The summed E-state index contributed by atoms with van der Waals surface area (Å²) in [6.45, 7) is 1.77. The summed E-state index contributed by atoms with van der Waals surface area (Å²) in [4.78, 5) is 4.14. The highest BCUT2D eigenvalue weighted by Gasteiger charge is 2.39. The molecule has 20 heavy (non-hydrogen) atoms. The normalized spacial score (nSPS) is 24.9. The van der Waals surface area contributed by atoms with Crippen molar-refractivity contribution < 1.29 is 9.47 Å². The lowest BCUT2D eigenvalue weighted by Crippen LogP contribution is -2.45. The largest absolute Gasteiger partial charge is 0.481 e.